The predicted molar refractivity (Wildman–Crippen MR) is 138 cm³/mol. The van der Waals surface area contributed by atoms with Crippen molar-refractivity contribution in [2.75, 3.05) is 32.1 Å². The molecule has 1 atom stereocenters. The molecule has 35 heavy (non-hydrogen) atoms. The number of methoxy groups -OCH3 is 1. The SMILES string of the molecule is COc1ccc(C)cc1CCNC(=O)c1ccc(NC(=O)CC2SC(N3CCCC3)=NC2=O)cc1. The van der Waals surface area contributed by atoms with E-state index in [1.807, 2.05) is 19.1 Å². The molecule has 1 saturated heterocycles. The van der Waals surface area contributed by atoms with Crippen LogP contribution in [0.1, 0.15) is 40.7 Å². The van der Waals surface area contributed by atoms with Crippen LogP contribution in [0.15, 0.2) is 47.5 Å². The summed E-state index contributed by atoms with van der Waals surface area (Å²) in [5.74, 6) is 0.121. The number of amidine groups is 1. The lowest BCUT2D eigenvalue weighted by atomic mass is 10.1. The number of ether oxygens (including phenoxy) is 1. The van der Waals surface area contributed by atoms with Gasteiger partial charge >= 0.3 is 0 Å². The van der Waals surface area contributed by atoms with Crippen LogP contribution < -0.4 is 15.4 Å². The van der Waals surface area contributed by atoms with Gasteiger partial charge in [-0.3, -0.25) is 14.4 Å². The summed E-state index contributed by atoms with van der Waals surface area (Å²) >= 11 is 1.37. The largest absolute Gasteiger partial charge is 0.496 e. The number of hydrogen-bond acceptors (Lipinski definition) is 6. The minimum atomic E-state index is -0.484. The third-order valence-corrected chi connectivity index (χ3v) is 7.24. The van der Waals surface area contributed by atoms with Gasteiger partial charge in [-0.2, -0.15) is 4.99 Å². The Morgan fingerprint density at radius 1 is 1.14 bits per heavy atom. The lowest BCUT2D eigenvalue weighted by molar-refractivity contribution is -0.121. The van der Waals surface area contributed by atoms with E-state index >= 15 is 0 Å². The maximum absolute atomic E-state index is 12.5. The first kappa shape index (κ1) is 24.8. The number of hydrogen-bond donors (Lipinski definition) is 2. The fourth-order valence-electron chi connectivity index (χ4n) is 4.15. The Labute approximate surface area is 209 Å². The quantitative estimate of drug-likeness (QED) is 0.584. The number of carbonyl (C=O) groups excluding carboxylic acids is 3. The molecule has 1 unspecified atom stereocenters. The lowest BCUT2D eigenvalue weighted by Crippen LogP contribution is -2.26. The van der Waals surface area contributed by atoms with Crippen LogP contribution >= 0.6 is 11.8 Å². The number of nitrogens with one attached hydrogen (secondary N) is 2. The van der Waals surface area contributed by atoms with E-state index in [9.17, 15) is 14.4 Å². The van der Waals surface area contributed by atoms with Crippen LogP contribution in [0.3, 0.4) is 0 Å². The number of anilines is 1. The van der Waals surface area contributed by atoms with Crippen molar-refractivity contribution >= 4 is 40.3 Å². The number of amides is 3. The molecule has 0 spiro atoms. The number of aryl methyl sites for hydroxylation is 1. The molecule has 2 heterocycles. The fraction of sp³-hybridized carbons (Fsp3) is 0.385. The highest BCUT2D eigenvalue weighted by Gasteiger charge is 2.33. The highest BCUT2D eigenvalue weighted by molar-refractivity contribution is 8.15. The zero-order valence-electron chi connectivity index (χ0n) is 20.0. The van der Waals surface area contributed by atoms with E-state index in [1.54, 1.807) is 31.4 Å². The minimum absolute atomic E-state index is 0.0645. The van der Waals surface area contributed by atoms with Crippen LogP contribution in [0.5, 0.6) is 5.75 Å². The third kappa shape index (κ3) is 6.42. The maximum atomic E-state index is 12.5. The highest BCUT2D eigenvalue weighted by Crippen LogP contribution is 2.29. The number of rotatable bonds is 8. The zero-order chi connectivity index (χ0) is 24.8. The second kappa shape index (κ2) is 11.4. The third-order valence-electron chi connectivity index (χ3n) is 6.02. The normalized spacial score (nSPS) is 17.3. The Morgan fingerprint density at radius 2 is 1.89 bits per heavy atom. The van der Waals surface area contributed by atoms with Crippen LogP contribution in [0.25, 0.3) is 0 Å². The average Bonchev–Trinajstić information content (AvgIpc) is 3.50. The number of benzene rings is 2. The van der Waals surface area contributed by atoms with Crippen molar-refractivity contribution in [1.29, 1.82) is 0 Å². The topological polar surface area (TPSA) is 100 Å². The molecule has 2 aromatic carbocycles. The molecule has 0 saturated carbocycles. The summed E-state index contributed by atoms with van der Waals surface area (Å²) < 4.78 is 5.39. The first-order chi connectivity index (χ1) is 16.9. The molecule has 2 aromatic rings. The second-order valence-electron chi connectivity index (χ2n) is 8.68. The molecule has 0 aromatic heterocycles. The van der Waals surface area contributed by atoms with Gasteiger partial charge in [-0.05, 0) is 62.1 Å². The van der Waals surface area contributed by atoms with Gasteiger partial charge in [0.15, 0.2) is 5.17 Å². The van der Waals surface area contributed by atoms with Crippen molar-refractivity contribution in [2.24, 2.45) is 4.99 Å². The zero-order valence-corrected chi connectivity index (χ0v) is 20.8. The predicted octanol–water partition coefficient (Wildman–Crippen LogP) is 3.40. The molecular weight excluding hydrogens is 464 g/mol. The Hall–Kier alpha value is -3.33. The molecule has 0 bridgehead atoms. The van der Waals surface area contributed by atoms with E-state index in [-0.39, 0.29) is 24.1 Å². The van der Waals surface area contributed by atoms with Gasteiger partial charge in [0.1, 0.15) is 11.0 Å². The van der Waals surface area contributed by atoms with Gasteiger partial charge in [0.2, 0.25) is 5.91 Å². The first-order valence-corrected chi connectivity index (χ1v) is 12.7. The number of likely N-dealkylation sites (tertiary alicyclic amines) is 1. The molecule has 2 aliphatic heterocycles. The molecule has 184 valence electrons. The molecule has 1 fully saturated rings. The van der Waals surface area contributed by atoms with Crippen LogP contribution in [0.2, 0.25) is 0 Å². The van der Waals surface area contributed by atoms with Crippen LogP contribution in [-0.2, 0) is 16.0 Å². The van der Waals surface area contributed by atoms with Crippen molar-refractivity contribution in [3.8, 4) is 5.75 Å². The Morgan fingerprint density at radius 3 is 2.60 bits per heavy atom. The molecule has 0 radical (unpaired) electrons. The molecule has 2 N–H and O–H groups in total. The summed E-state index contributed by atoms with van der Waals surface area (Å²) in [4.78, 5) is 43.5. The molecule has 2 aliphatic rings. The average molecular weight is 495 g/mol. The van der Waals surface area contributed by atoms with Crippen molar-refractivity contribution in [2.45, 2.75) is 37.9 Å². The summed E-state index contributed by atoms with van der Waals surface area (Å²) in [5.41, 5.74) is 3.26. The van der Waals surface area contributed by atoms with Gasteiger partial charge in [0.05, 0.1) is 7.11 Å². The summed E-state index contributed by atoms with van der Waals surface area (Å²) in [6, 6.07) is 12.7. The maximum Gasteiger partial charge on any atom is 0.262 e. The van der Waals surface area contributed by atoms with E-state index in [2.05, 4.69) is 26.6 Å². The summed E-state index contributed by atoms with van der Waals surface area (Å²) in [6.07, 6.45) is 2.93. The van der Waals surface area contributed by atoms with Crippen LogP contribution in [0.4, 0.5) is 5.69 Å². The lowest BCUT2D eigenvalue weighted by Gasteiger charge is -2.16. The smallest absolute Gasteiger partial charge is 0.262 e. The molecule has 4 rings (SSSR count). The van der Waals surface area contributed by atoms with Gasteiger partial charge in [-0.1, -0.05) is 29.5 Å². The molecule has 3 amide bonds. The fourth-order valence-corrected chi connectivity index (χ4v) is 5.27. The summed E-state index contributed by atoms with van der Waals surface area (Å²) in [7, 11) is 1.64. The molecule has 8 nitrogen and oxygen atoms in total. The highest BCUT2D eigenvalue weighted by atomic mass is 32.2. The van der Waals surface area contributed by atoms with Gasteiger partial charge in [-0.15, -0.1) is 0 Å². The monoisotopic (exact) mass is 494 g/mol. The van der Waals surface area contributed by atoms with Gasteiger partial charge in [0, 0.05) is 37.3 Å². The molecular formula is C26H30N4O4S. The number of thioether (sulfide) groups is 1. The summed E-state index contributed by atoms with van der Waals surface area (Å²) in [6.45, 7) is 4.33. The first-order valence-electron chi connectivity index (χ1n) is 11.8. The number of carbonyl (C=O) groups is 3. The van der Waals surface area contributed by atoms with Gasteiger partial charge in [-0.25, -0.2) is 0 Å². The van der Waals surface area contributed by atoms with E-state index in [1.165, 1.54) is 11.8 Å². The van der Waals surface area contributed by atoms with E-state index in [4.69, 9.17) is 4.74 Å². The van der Waals surface area contributed by atoms with E-state index in [0.29, 0.717) is 24.2 Å². The number of nitrogens with zero attached hydrogens (tertiary/aromatic N) is 2. The van der Waals surface area contributed by atoms with E-state index in [0.717, 1.165) is 48.0 Å². The van der Waals surface area contributed by atoms with Crippen molar-refractivity contribution < 1.29 is 19.1 Å². The van der Waals surface area contributed by atoms with Gasteiger partial charge < -0.3 is 20.3 Å². The minimum Gasteiger partial charge on any atom is -0.496 e. The van der Waals surface area contributed by atoms with Crippen molar-refractivity contribution in [3.05, 3.63) is 59.2 Å². The van der Waals surface area contributed by atoms with Crippen molar-refractivity contribution in [1.82, 2.24) is 10.2 Å². The van der Waals surface area contributed by atoms with E-state index < -0.39 is 5.25 Å². The Bertz CT molecular complexity index is 1130. The Kier molecular flexibility index (Phi) is 8.07. The standard InChI is InChI=1S/C26H30N4O4S/c1-17-5-10-21(34-2)19(15-17)11-12-27-24(32)18-6-8-20(9-7-18)28-23(31)16-22-25(33)29-26(35-22)30-13-3-4-14-30/h5-10,15,22H,3-4,11-14,16H2,1-2H3,(H,27,32)(H,28,31). The van der Waals surface area contributed by atoms with Crippen molar-refractivity contribution in [3.63, 3.8) is 0 Å². The van der Waals surface area contributed by atoms with Crippen LogP contribution in [0, 0.1) is 6.92 Å². The molecule has 9 heteroatoms. The second-order valence-corrected chi connectivity index (χ2v) is 9.85. The summed E-state index contributed by atoms with van der Waals surface area (Å²) in [5, 5.41) is 5.98. The van der Waals surface area contributed by atoms with Crippen LogP contribution in [-0.4, -0.2) is 59.8 Å². The van der Waals surface area contributed by atoms with Gasteiger partial charge in [0.25, 0.3) is 11.8 Å². The Balaban J connectivity index is 1.23. The number of aliphatic imine (C=N–C) groups is 1. The molecule has 0 aliphatic carbocycles.